The number of halogens is 1. The molecular weight excluding hydrogens is 414 g/mol. The molecule has 0 spiro atoms. The zero-order valence-corrected chi connectivity index (χ0v) is 17.5. The van der Waals surface area contributed by atoms with Crippen LogP contribution in [0.5, 0.6) is 0 Å². The average molecular weight is 436 g/mol. The number of sulfonamides is 1. The topological polar surface area (TPSA) is 95.6 Å². The van der Waals surface area contributed by atoms with Crippen LogP contribution < -0.4 is 10.6 Å². The van der Waals surface area contributed by atoms with E-state index in [2.05, 4.69) is 10.6 Å². The quantitative estimate of drug-likeness (QED) is 0.752. The normalized spacial score (nSPS) is 15.7. The molecule has 1 aliphatic heterocycles. The molecule has 9 heteroatoms. The van der Waals surface area contributed by atoms with Gasteiger partial charge in [-0.3, -0.25) is 9.59 Å². The summed E-state index contributed by atoms with van der Waals surface area (Å²) in [7, 11) is -3.60. The molecule has 1 fully saturated rings. The van der Waals surface area contributed by atoms with E-state index < -0.39 is 10.0 Å². The van der Waals surface area contributed by atoms with E-state index in [0.29, 0.717) is 29.2 Å². The van der Waals surface area contributed by atoms with Crippen LogP contribution in [0.1, 0.15) is 19.8 Å². The smallest absolute Gasteiger partial charge is 0.243 e. The minimum Gasteiger partial charge on any atom is -0.326 e. The highest BCUT2D eigenvalue weighted by Gasteiger charge is 2.32. The second-order valence-electron chi connectivity index (χ2n) is 6.88. The van der Waals surface area contributed by atoms with Crippen molar-refractivity contribution in [2.24, 2.45) is 5.92 Å². The minimum absolute atomic E-state index is 0.159. The zero-order valence-electron chi connectivity index (χ0n) is 15.9. The van der Waals surface area contributed by atoms with E-state index >= 15 is 0 Å². The molecular formula is C20H22ClN3O4S. The third-order valence-corrected chi connectivity index (χ3v) is 6.89. The molecule has 0 aromatic heterocycles. The Morgan fingerprint density at radius 2 is 1.59 bits per heavy atom. The van der Waals surface area contributed by atoms with Crippen molar-refractivity contribution in [2.75, 3.05) is 23.7 Å². The van der Waals surface area contributed by atoms with Gasteiger partial charge in [0.1, 0.15) is 0 Å². The highest BCUT2D eigenvalue weighted by Crippen LogP contribution is 2.26. The molecule has 0 unspecified atom stereocenters. The number of rotatable bonds is 5. The van der Waals surface area contributed by atoms with Crippen LogP contribution in [0.25, 0.3) is 0 Å². The SMILES string of the molecule is CC(=O)Nc1cccc(NC(=O)C2CCN(S(=O)(=O)c3ccc(Cl)cc3)CC2)c1. The third-order valence-electron chi connectivity index (χ3n) is 4.73. The highest BCUT2D eigenvalue weighted by molar-refractivity contribution is 7.89. The van der Waals surface area contributed by atoms with Crippen molar-refractivity contribution in [3.63, 3.8) is 0 Å². The number of nitrogens with zero attached hydrogens (tertiary/aromatic N) is 1. The Hall–Kier alpha value is -2.42. The molecule has 1 heterocycles. The van der Waals surface area contributed by atoms with Crippen LogP contribution in [0.15, 0.2) is 53.4 Å². The van der Waals surface area contributed by atoms with Gasteiger partial charge >= 0.3 is 0 Å². The summed E-state index contributed by atoms with van der Waals surface area (Å²) in [4.78, 5) is 23.9. The first-order valence-electron chi connectivity index (χ1n) is 9.20. The maximum atomic E-state index is 12.7. The fourth-order valence-corrected chi connectivity index (χ4v) is 4.83. The Morgan fingerprint density at radius 3 is 2.17 bits per heavy atom. The molecule has 7 nitrogen and oxygen atoms in total. The van der Waals surface area contributed by atoms with Crippen molar-refractivity contribution in [3.05, 3.63) is 53.6 Å². The van der Waals surface area contributed by atoms with E-state index in [1.807, 2.05) is 0 Å². The summed E-state index contributed by atoms with van der Waals surface area (Å²) in [6, 6.07) is 13.0. The van der Waals surface area contributed by atoms with Gasteiger partial charge in [0.25, 0.3) is 0 Å². The molecule has 29 heavy (non-hydrogen) atoms. The molecule has 2 N–H and O–H groups in total. The minimum atomic E-state index is -3.60. The van der Waals surface area contributed by atoms with E-state index in [1.165, 1.54) is 23.4 Å². The van der Waals surface area contributed by atoms with Crippen molar-refractivity contribution in [3.8, 4) is 0 Å². The van der Waals surface area contributed by atoms with E-state index in [-0.39, 0.29) is 35.7 Å². The fraction of sp³-hybridized carbons (Fsp3) is 0.300. The summed E-state index contributed by atoms with van der Waals surface area (Å²) in [6.07, 6.45) is 0.869. The van der Waals surface area contributed by atoms with Crippen molar-refractivity contribution in [1.29, 1.82) is 0 Å². The average Bonchev–Trinajstić information content (AvgIpc) is 2.68. The summed E-state index contributed by atoms with van der Waals surface area (Å²) in [5.41, 5.74) is 1.18. The van der Waals surface area contributed by atoms with Crippen LogP contribution in [0.2, 0.25) is 5.02 Å². The number of carbonyl (C=O) groups excluding carboxylic acids is 2. The standard InChI is InChI=1S/C20H22ClN3O4S/c1-14(25)22-17-3-2-4-18(13-17)23-20(26)15-9-11-24(12-10-15)29(27,28)19-7-5-16(21)6-8-19/h2-8,13,15H,9-12H2,1H3,(H,22,25)(H,23,26). The van der Waals surface area contributed by atoms with Gasteiger partial charge in [-0.15, -0.1) is 0 Å². The van der Waals surface area contributed by atoms with E-state index in [1.54, 1.807) is 36.4 Å². The van der Waals surface area contributed by atoms with Crippen molar-refractivity contribution < 1.29 is 18.0 Å². The Kier molecular flexibility index (Phi) is 6.56. The maximum absolute atomic E-state index is 12.7. The summed E-state index contributed by atoms with van der Waals surface area (Å²) < 4.78 is 26.9. The highest BCUT2D eigenvalue weighted by atomic mass is 35.5. The van der Waals surface area contributed by atoms with Crippen LogP contribution in [-0.2, 0) is 19.6 Å². The molecule has 2 amide bonds. The molecule has 1 aliphatic rings. The Balaban J connectivity index is 1.59. The predicted molar refractivity (Wildman–Crippen MR) is 112 cm³/mol. The fourth-order valence-electron chi connectivity index (χ4n) is 3.24. The number of carbonyl (C=O) groups is 2. The first kappa shape index (κ1) is 21.3. The predicted octanol–water partition coefficient (Wildman–Crippen LogP) is 3.34. The van der Waals surface area contributed by atoms with Crippen LogP contribution in [-0.4, -0.2) is 37.6 Å². The van der Waals surface area contributed by atoms with Gasteiger partial charge < -0.3 is 10.6 Å². The first-order valence-corrected chi connectivity index (χ1v) is 11.0. The van der Waals surface area contributed by atoms with Crippen molar-refractivity contribution in [2.45, 2.75) is 24.7 Å². The summed E-state index contributed by atoms with van der Waals surface area (Å²) in [5.74, 6) is -0.632. The molecule has 0 radical (unpaired) electrons. The van der Waals surface area contributed by atoms with E-state index in [4.69, 9.17) is 11.6 Å². The van der Waals surface area contributed by atoms with Gasteiger partial charge in [-0.2, -0.15) is 4.31 Å². The van der Waals surface area contributed by atoms with Gasteiger partial charge in [0, 0.05) is 42.3 Å². The van der Waals surface area contributed by atoms with Gasteiger partial charge in [0.2, 0.25) is 21.8 Å². The number of amides is 2. The summed E-state index contributed by atoms with van der Waals surface area (Å²) in [5, 5.41) is 5.99. The lowest BCUT2D eigenvalue weighted by Gasteiger charge is -2.30. The van der Waals surface area contributed by atoms with Gasteiger partial charge in [-0.25, -0.2) is 8.42 Å². The van der Waals surface area contributed by atoms with Gasteiger partial charge in [-0.1, -0.05) is 17.7 Å². The summed E-state index contributed by atoms with van der Waals surface area (Å²) in [6.45, 7) is 1.96. The molecule has 0 atom stereocenters. The Labute approximate surface area is 175 Å². The lowest BCUT2D eigenvalue weighted by molar-refractivity contribution is -0.121. The second kappa shape index (κ2) is 8.94. The van der Waals surface area contributed by atoms with Crippen molar-refractivity contribution >= 4 is 44.8 Å². The molecule has 0 bridgehead atoms. The third kappa shape index (κ3) is 5.35. The Morgan fingerprint density at radius 1 is 1.00 bits per heavy atom. The summed E-state index contributed by atoms with van der Waals surface area (Å²) >= 11 is 5.83. The molecule has 3 rings (SSSR count). The zero-order chi connectivity index (χ0) is 21.0. The molecule has 0 saturated carbocycles. The second-order valence-corrected chi connectivity index (χ2v) is 9.26. The van der Waals surface area contributed by atoms with Crippen molar-refractivity contribution in [1.82, 2.24) is 4.31 Å². The molecule has 2 aromatic rings. The van der Waals surface area contributed by atoms with Crippen LogP contribution in [0.4, 0.5) is 11.4 Å². The monoisotopic (exact) mass is 435 g/mol. The maximum Gasteiger partial charge on any atom is 0.243 e. The number of benzene rings is 2. The largest absolute Gasteiger partial charge is 0.326 e. The van der Waals surface area contributed by atoms with Gasteiger partial charge in [0.15, 0.2) is 0 Å². The van der Waals surface area contributed by atoms with Gasteiger partial charge in [-0.05, 0) is 55.3 Å². The number of anilines is 2. The van der Waals surface area contributed by atoms with Crippen LogP contribution in [0.3, 0.4) is 0 Å². The van der Waals surface area contributed by atoms with Crippen LogP contribution in [0, 0.1) is 5.92 Å². The van der Waals surface area contributed by atoms with Gasteiger partial charge in [0.05, 0.1) is 4.90 Å². The van der Waals surface area contributed by atoms with E-state index in [0.717, 1.165) is 0 Å². The number of hydrogen-bond acceptors (Lipinski definition) is 4. The molecule has 1 saturated heterocycles. The Bertz CT molecular complexity index is 1000. The molecule has 154 valence electrons. The number of hydrogen-bond donors (Lipinski definition) is 2. The van der Waals surface area contributed by atoms with E-state index in [9.17, 15) is 18.0 Å². The first-order chi connectivity index (χ1) is 13.8. The number of nitrogens with one attached hydrogen (secondary N) is 2. The lowest BCUT2D eigenvalue weighted by atomic mass is 9.97. The molecule has 0 aliphatic carbocycles. The van der Waals surface area contributed by atoms with Crippen LogP contribution >= 0.6 is 11.6 Å². The number of piperidine rings is 1. The lowest BCUT2D eigenvalue weighted by Crippen LogP contribution is -2.41. The molecule has 2 aromatic carbocycles.